The molecule has 0 aliphatic rings. The molecular formula is C21H14N4O. The first-order valence-electron chi connectivity index (χ1n) is 8.26. The van der Waals surface area contributed by atoms with E-state index in [1.54, 1.807) is 7.11 Å². The molecule has 0 bridgehead atoms. The van der Waals surface area contributed by atoms with Crippen LogP contribution < -0.4 is 4.74 Å². The number of nitrogens with zero attached hydrogens (tertiary/aromatic N) is 4. The Balaban J connectivity index is 1.98. The van der Waals surface area contributed by atoms with Crippen LogP contribution >= 0.6 is 0 Å². The molecule has 0 radical (unpaired) electrons. The number of hydrogen-bond donors (Lipinski definition) is 0. The maximum Gasteiger partial charge on any atom is 0.150 e. The summed E-state index contributed by atoms with van der Waals surface area (Å²) in [6, 6.07) is 20.0. The molecule has 0 N–H and O–H groups in total. The van der Waals surface area contributed by atoms with E-state index in [0.29, 0.717) is 5.56 Å². The maximum atomic E-state index is 9.76. The van der Waals surface area contributed by atoms with Crippen molar-refractivity contribution < 1.29 is 4.74 Å². The summed E-state index contributed by atoms with van der Waals surface area (Å²) in [4.78, 5) is 4.94. The molecule has 4 heterocycles. The van der Waals surface area contributed by atoms with Crippen LogP contribution in [0.4, 0.5) is 0 Å². The third-order valence-electron chi connectivity index (χ3n) is 4.70. The largest absolute Gasteiger partial charge is 0.497 e. The van der Waals surface area contributed by atoms with Gasteiger partial charge in [-0.25, -0.2) is 4.98 Å². The molecule has 5 nitrogen and oxygen atoms in total. The smallest absolute Gasteiger partial charge is 0.150 e. The Bertz CT molecular complexity index is 1340. The van der Waals surface area contributed by atoms with Crippen molar-refractivity contribution in [3.63, 3.8) is 0 Å². The van der Waals surface area contributed by atoms with Gasteiger partial charge in [-0.3, -0.25) is 4.40 Å². The average Bonchev–Trinajstić information content (AvgIpc) is 3.29. The Kier molecular flexibility index (Phi) is 3.00. The molecule has 0 atom stereocenters. The van der Waals surface area contributed by atoms with E-state index in [4.69, 9.17) is 9.72 Å². The zero-order chi connectivity index (χ0) is 17.7. The molecule has 0 fully saturated rings. The highest BCUT2D eigenvalue weighted by atomic mass is 16.5. The molecule has 4 aromatic heterocycles. The Morgan fingerprint density at radius 1 is 0.962 bits per heavy atom. The van der Waals surface area contributed by atoms with Crippen LogP contribution in [0, 0.1) is 11.3 Å². The van der Waals surface area contributed by atoms with Gasteiger partial charge in [-0.05, 0) is 36.4 Å². The molecule has 0 spiro atoms. The van der Waals surface area contributed by atoms with Gasteiger partial charge < -0.3 is 9.14 Å². The summed E-state index contributed by atoms with van der Waals surface area (Å²) in [6.45, 7) is 0. The van der Waals surface area contributed by atoms with Crippen molar-refractivity contribution in [3.05, 3.63) is 72.6 Å². The van der Waals surface area contributed by atoms with Gasteiger partial charge in [0.15, 0.2) is 0 Å². The summed E-state index contributed by atoms with van der Waals surface area (Å²) < 4.78 is 9.37. The fourth-order valence-corrected chi connectivity index (χ4v) is 3.55. The quantitative estimate of drug-likeness (QED) is 0.482. The molecule has 0 amide bonds. The third-order valence-corrected chi connectivity index (χ3v) is 4.70. The lowest BCUT2D eigenvalue weighted by molar-refractivity contribution is 0.415. The first-order chi connectivity index (χ1) is 12.8. The molecule has 0 aliphatic heterocycles. The van der Waals surface area contributed by atoms with Gasteiger partial charge in [-0.1, -0.05) is 18.2 Å². The van der Waals surface area contributed by atoms with Crippen LogP contribution in [0.25, 0.3) is 33.5 Å². The van der Waals surface area contributed by atoms with E-state index in [1.807, 2.05) is 75.8 Å². The van der Waals surface area contributed by atoms with E-state index in [9.17, 15) is 5.26 Å². The standard InChI is InChI=1S/C21H14N4O/c1-26-15-7-4-6-14(12-15)20-23-21-19(18-9-5-11-25(18)20)16(13-22)17-8-2-3-10-24(17)21/h2-12H,1H3. The van der Waals surface area contributed by atoms with Crippen molar-refractivity contribution >= 4 is 22.1 Å². The van der Waals surface area contributed by atoms with Crippen molar-refractivity contribution in [1.82, 2.24) is 13.8 Å². The predicted molar refractivity (Wildman–Crippen MR) is 100 cm³/mol. The number of ether oxygens (including phenoxy) is 1. The number of fused-ring (bicyclic) bond motifs is 5. The molecular weight excluding hydrogens is 324 g/mol. The molecule has 0 unspecified atom stereocenters. The first-order valence-corrected chi connectivity index (χ1v) is 8.26. The van der Waals surface area contributed by atoms with Gasteiger partial charge in [-0.2, -0.15) is 5.26 Å². The summed E-state index contributed by atoms with van der Waals surface area (Å²) in [5, 5.41) is 10.6. The van der Waals surface area contributed by atoms with Crippen LogP contribution in [-0.4, -0.2) is 20.9 Å². The second-order valence-corrected chi connectivity index (χ2v) is 6.07. The van der Waals surface area contributed by atoms with Gasteiger partial charge in [0.2, 0.25) is 0 Å². The van der Waals surface area contributed by atoms with Crippen LogP contribution in [0.5, 0.6) is 5.75 Å². The van der Waals surface area contributed by atoms with Gasteiger partial charge >= 0.3 is 0 Å². The number of hydrogen-bond acceptors (Lipinski definition) is 3. The summed E-state index contributed by atoms with van der Waals surface area (Å²) in [7, 11) is 1.65. The van der Waals surface area contributed by atoms with Crippen molar-refractivity contribution in [2.24, 2.45) is 0 Å². The van der Waals surface area contributed by atoms with Crippen molar-refractivity contribution in [2.75, 3.05) is 7.11 Å². The number of pyridine rings is 1. The summed E-state index contributed by atoms with van der Waals surface area (Å²) in [5.74, 6) is 1.59. The van der Waals surface area contributed by atoms with E-state index in [2.05, 4.69) is 6.07 Å². The number of methoxy groups -OCH3 is 1. The molecule has 0 saturated heterocycles. The van der Waals surface area contributed by atoms with Gasteiger partial charge in [0.05, 0.1) is 29.1 Å². The lowest BCUT2D eigenvalue weighted by atomic mass is 10.1. The number of benzene rings is 1. The normalized spacial score (nSPS) is 11.2. The molecule has 5 rings (SSSR count). The van der Waals surface area contributed by atoms with Crippen LogP contribution in [0.1, 0.15) is 5.56 Å². The van der Waals surface area contributed by atoms with E-state index in [-0.39, 0.29) is 0 Å². The zero-order valence-corrected chi connectivity index (χ0v) is 14.0. The monoisotopic (exact) mass is 338 g/mol. The minimum Gasteiger partial charge on any atom is -0.497 e. The highest BCUT2D eigenvalue weighted by Crippen LogP contribution is 2.32. The topological polar surface area (TPSA) is 54.7 Å². The van der Waals surface area contributed by atoms with E-state index in [0.717, 1.165) is 39.2 Å². The molecule has 5 heteroatoms. The molecule has 1 aromatic carbocycles. The SMILES string of the molecule is COc1cccc(-c2nc3c(c(C#N)c4ccccn43)c3cccn23)c1. The van der Waals surface area contributed by atoms with Crippen LogP contribution in [0.15, 0.2) is 67.0 Å². The van der Waals surface area contributed by atoms with Crippen molar-refractivity contribution in [3.8, 4) is 23.2 Å². The minimum absolute atomic E-state index is 0.647. The highest BCUT2D eigenvalue weighted by molar-refractivity contribution is 6.04. The lowest BCUT2D eigenvalue weighted by Crippen LogP contribution is -1.97. The van der Waals surface area contributed by atoms with Crippen molar-refractivity contribution in [2.45, 2.75) is 0 Å². The number of rotatable bonds is 2. The Labute approximate surface area is 149 Å². The summed E-state index contributed by atoms with van der Waals surface area (Å²) in [5.41, 5.74) is 4.21. The molecule has 0 saturated carbocycles. The molecule has 124 valence electrons. The number of aromatic nitrogens is 3. The molecule has 26 heavy (non-hydrogen) atoms. The Hall–Kier alpha value is -3.78. The maximum absolute atomic E-state index is 9.76. The Morgan fingerprint density at radius 3 is 2.65 bits per heavy atom. The van der Waals surface area contributed by atoms with E-state index >= 15 is 0 Å². The summed E-state index contributed by atoms with van der Waals surface area (Å²) >= 11 is 0. The fraction of sp³-hybridized carbons (Fsp3) is 0.0476. The first kappa shape index (κ1) is 14.6. The van der Waals surface area contributed by atoms with E-state index < -0.39 is 0 Å². The van der Waals surface area contributed by atoms with Gasteiger partial charge in [-0.15, -0.1) is 0 Å². The van der Waals surface area contributed by atoms with Crippen molar-refractivity contribution in [1.29, 1.82) is 5.26 Å². The number of nitriles is 1. The summed E-state index contributed by atoms with van der Waals surface area (Å²) in [6.07, 6.45) is 3.92. The Morgan fingerprint density at radius 2 is 1.81 bits per heavy atom. The predicted octanol–water partition coefficient (Wildman–Crippen LogP) is 4.29. The minimum atomic E-state index is 0.647. The zero-order valence-electron chi connectivity index (χ0n) is 14.0. The van der Waals surface area contributed by atoms with E-state index in [1.165, 1.54) is 0 Å². The van der Waals surface area contributed by atoms with Gasteiger partial charge in [0, 0.05) is 18.0 Å². The molecule has 5 aromatic rings. The van der Waals surface area contributed by atoms with Crippen LogP contribution in [0.2, 0.25) is 0 Å². The highest BCUT2D eigenvalue weighted by Gasteiger charge is 2.18. The van der Waals surface area contributed by atoms with Gasteiger partial charge in [0.1, 0.15) is 23.3 Å². The second-order valence-electron chi connectivity index (χ2n) is 6.07. The van der Waals surface area contributed by atoms with Crippen LogP contribution in [0.3, 0.4) is 0 Å². The lowest BCUT2D eigenvalue weighted by Gasteiger charge is -2.09. The van der Waals surface area contributed by atoms with Gasteiger partial charge in [0.25, 0.3) is 0 Å². The molecule has 0 aliphatic carbocycles. The van der Waals surface area contributed by atoms with Crippen LogP contribution in [-0.2, 0) is 0 Å². The third kappa shape index (κ3) is 1.87. The average molecular weight is 338 g/mol. The second kappa shape index (κ2) is 5.36. The fourth-order valence-electron chi connectivity index (χ4n) is 3.55.